The van der Waals surface area contributed by atoms with Crippen LogP contribution in [0.3, 0.4) is 0 Å². The van der Waals surface area contributed by atoms with Crippen molar-refractivity contribution in [3.05, 3.63) is 64.1 Å². The molecule has 2 aromatic carbocycles. The smallest absolute Gasteiger partial charge is 0.0384 e. The van der Waals surface area contributed by atoms with Crippen LogP contribution in [0.15, 0.2) is 57.9 Å². The molecule has 2 rings (SSSR count). The maximum absolute atomic E-state index is 3.41. The molecule has 0 saturated heterocycles. The van der Waals surface area contributed by atoms with Gasteiger partial charge in [0.2, 0.25) is 0 Å². The van der Waals surface area contributed by atoms with Crippen LogP contribution in [0.4, 0.5) is 0 Å². The molecule has 2 aromatic rings. The number of rotatable bonds is 1. The zero-order valence-corrected chi connectivity index (χ0v) is 11.8. The Balaban J connectivity index is 2.29. The summed E-state index contributed by atoms with van der Waals surface area (Å²) in [5.41, 5.74) is 2.12. The monoisotopic (exact) mass is 302 g/mol. The van der Waals surface area contributed by atoms with E-state index in [0.29, 0.717) is 0 Å². The van der Waals surface area contributed by atoms with Crippen molar-refractivity contribution in [2.45, 2.75) is 4.90 Å². The van der Waals surface area contributed by atoms with Gasteiger partial charge in [-0.2, -0.15) is 0 Å². The molecule has 0 bridgehead atoms. The zero-order chi connectivity index (χ0) is 12.1. The summed E-state index contributed by atoms with van der Waals surface area (Å²) in [4.78, 5) is 1.22. The van der Waals surface area contributed by atoms with Crippen LogP contribution in [0.25, 0.3) is 0 Å². The summed E-state index contributed by atoms with van der Waals surface area (Å²) in [7, 11) is 0. The van der Waals surface area contributed by atoms with Gasteiger partial charge in [0, 0.05) is 20.5 Å². The molecule has 0 unspecified atom stereocenters. The van der Waals surface area contributed by atoms with Crippen molar-refractivity contribution in [2.75, 3.05) is 6.26 Å². The second kappa shape index (κ2) is 5.95. The molecule has 0 amide bonds. The van der Waals surface area contributed by atoms with Crippen molar-refractivity contribution in [3.63, 3.8) is 0 Å². The van der Waals surface area contributed by atoms with Crippen molar-refractivity contribution in [2.24, 2.45) is 0 Å². The van der Waals surface area contributed by atoms with Crippen molar-refractivity contribution in [3.8, 4) is 11.8 Å². The van der Waals surface area contributed by atoms with E-state index in [2.05, 4.69) is 46.2 Å². The Kier molecular flexibility index (Phi) is 4.30. The highest BCUT2D eigenvalue weighted by atomic mass is 79.9. The Morgan fingerprint density at radius 3 is 2.35 bits per heavy atom. The van der Waals surface area contributed by atoms with Crippen LogP contribution in [-0.2, 0) is 0 Å². The van der Waals surface area contributed by atoms with E-state index in [4.69, 9.17) is 0 Å². The molecule has 0 N–H and O–H groups in total. The van der Waals surface area contributed by atoms with Gasteiger partial charge in [0.1, 0.15) is 0 Å². The van der Waals surface area contributed by atoms with E-state index < -0.39 is 0 Å². The fourth-order valence-electron chi connectivity index (χ4n) is 1.42. The summed E-state index contributed by atoms with van der Waals surface area (Å²) in [5, 5.41) is 0. The second-order valence-electron chi connectivity index (χ2n) is 3.46. The van der Waals surface area contributed by atoms with Gasteiger partial charge < -0.3 is 0 Å². The molecule has 0 nitrogen and oxygen atoms in total. The molecule has 0 atom stereocenters. The fraction of sp³-hybridized carbons (Fsp3) is 0.0667. The summed E-state index contributed by atoms with van der Waals surface area (Å²) in [6, 6.07) is 16.2. The molecule has 2 heteroatoms. The highest BCUT2D eigenvalue weighted by Gasteiger charge is 1.95. The van der Waals surface area contributed by atoms with E-state index in [9.17, 15) is 0 Å². The van der Waals surface area contributed by atoms with Crippen LogP contribution < -0.4 is 0 Å². The fourth-order valence-corrected chi connectivity index (χ4v) is 2.24. The average molecular weight is 303 g/mol. The molecular formula is C15H11BrS. The van der Waals surface area contributed by atoms with Gasteiger partial charge >= 0.3 is 0 Å². The Labute approximate surface area is 115 Å². The van der Waals surface area contributed by atoms with Crippen LogP contribution in [0, 0.1) is 11.8 Å². The summed E-state index contributed by atoms with van der Waals surface area (Å²) in [6.07, 6.45) is 2.07. The molecule has 0 aliphatic heterocycles. The van der Waals surface area contributed by atoms with E-state index in [0.717, 1.165) is 15.6 Å². The molecular weight excluding hydrogens is 292 g/mol. The third-order valence-corrected chi connectivity index (χ3v) is 3.62. The first-order valence-corrected chi connectivity index (χ1v) is 7.22. The van der Waals surface area contributed by atoms with Crippen LogP contribution >= 0.6 is 27.7 Å². The second-order valence-corrected chi connectivity index (χ2v) is 5.22. The Morgan fingerprint density at radius 2 is 1.65 bits per heavy atom. The van der Waals surface area contributed by atoms with E-state index in [1.165, 1.54) is 4.90 Å². The maximum atomic E-state index is 3.41. The lowest BCUT2D eigenvalue weighted by atomic mass is 10.2. The van der Waals surface area contributed by atoms with Gasteiger partial charge in [0.25, 0.3) is 0 Å². The van der Waals surface area contributed by atoms with E-state index in [-0.39, 0.29) is 0 Å². The molecule has 0 heterocycles. The van der Waals surface area contributed by atoms with Crippen LogP contribution in [0.2, 0.25) is 0 Å². The van der Waals surface area contributed by atoms with Crippen LogP contribution in [0.1, 0.15) is 11.1 Å². The molecule has 17 heavy (non-hydrogen) atoms. The Morgan fingerprint density at radius 1 is 0.941 bits per heavy atom. The first-order valence-electron chi connectivity index (χ1n) is 5.20. The molecule has 84 valence electrons. The van der Waals surface area contributed by atoms with Gasteiger partial charge in [-0.15, -0.1) is 11.8 Å². The van der Waals surface area contributed by atoms with Gasteiger partial charge in [-0.25, -0.2) is 0 Å². The predicted molar refractivity (Wildman–Crippen MR) is 78.3 cm³/mol. The number of hydrogen-bond donors (Lipinski definition) is 0. The Bertz CT molecular complexity index is 561. The largest absolute Gasteiger partial charge is 0.128 e. The van der Waals surface area contributed by atoms with Crippen molar-refractivity contribution in [1.29, 1.82) is 0 Å². The first-order chi connectivity index (χ1) is 8.29. The van der Waals surface area contributed by atoms with Crippen molar-refractivity contribution >= 4 is 27.7 Å². The number of benzene rings is 2. The number of hydrogen-bond acceptors (Lipinski definition) is 1. The third kappa shape index (κ3) is 3.39. The Hall–Kier alpha value is -1.17. The van der Waals surface area contributed by atoms with Crippen LogP contribution in [0.5, 0.6) is 0 Å². The topological polar surface area (TPSA) is 0 Å². The van der Waals surface area contributed by atoms with Crippen molar-refractivity contribution in [1.82, 2.24) is 0 Å². The standard InChI is InChI=1S/C15H11BrS/c1-17-15-5-3-2-4-13(15)9-6-12-7-10-14(16)11-8-12/h2-5,7-8,10-11H,1H3. The van der Waals surface area contributed by atoms with Gasteiger partial charge in [0.15, 0.2) is 0 Å². The minimum Gasteiger partial charge on any atom is -0.128 e. The molecule has 0 aliphatic rings. The summed E-state index contributed by atoms with van der Waals surface area (Å²) < 4.78 is 1.08. The molecule has 0 saturated carbocycles. The quantitative estimate of drug-likeness (QED) is 0.549. The average Bonchev–Trinajstić information content (AvgIpc) is 2.38. The minimum atomic E-state index is 1.03. The van der Waals surface area contributed by atoms with Gasteiger partial charge in [-0.05, 0) is 42.7 Å². The lowest BCUT2D eigenvalue weighted by Gasteiger charge is -1.98. The highest BCUT2D eigenvalue weighted by Crippen LogP contribution is 2.18. The summed E-state index contributed by atoms with van der Waals surface area (Å²) in [6.45, 7) is 0. The van der Waals surface area contributed by atoms with Gasteiger partial charge in [-0.1, -0.05) is 39.9 Å². The normalized spacial score (nSPS) is 9.53. The molecule has 0 aliphatic carbocycles. The van der Waals surface area contributed by atoms with Gasteiger partial charge in [0.05, 0.1) is 0 Å². The van der Waals surface area contributed by atoms with E-state index in [1.54, 1.807) is 11.8 Å². The SMILES string of the molecule is CSc1ccccc1C#Cc1ccc(Br)cc1. The summed E-state index contributed by atoms with van der Waals surface area (Å²) >= 11 is 5.14. The lowest BCUT2D eigenvalue weighted by molar-refractivity contribution is 1.42. The zero-order valence-electron chi connectivity index (χ0n) is 9.41. The minimum absolute atomic E-state index is 1.03. The summed E-state index contributed by atoms with van der Waals surface area (Å²) in [5.74, 6) is 6.39. The third-order valence-electron chi connectivity index (χ3n) is 2.29. The highest BCUT2D eigenvalue weighted by molar-refractivity contribution is 9.10. The first kappa shape index (κ1) is 12.3. The molecule has 0 spiro atoms. The molecule has 0 radical (unpaired) electrons. The van der Waals surface area contributed by atoms with E-state index in [1.807, 2.05) is 36.4 Å². The predicted octanol–water partition coefficient (Wildman–Crippen LogP) is 4.57. The van der Waals surface area contributed by atoms with Gasteiger partial charge in [-0.3, -0.25) is 0 Å². The maximum Gasteiger partial charge on any atom is 0.0384 e. The lowest BCUT2D eigenvalue weighted by Crippen LogP contribution is -1.79. The van der Waals surface area contributed by atoms with Crippen LogP contribution in [-0.4, -0.2) is 6.26 Å². The molecule has 0 aromatic heterocycles. The molecule has 0 fully saturated rings. The number of halogens is 1. The number of thioether (sulfide) groups is 1. The van der Waals surface area contributed by atoms with Crippen molar-refractivity contribution < 1.29 is 0 Å². The van der Waals surface area contributed by atoms with E-state index >= 15 is 0 Å².